The normalized spacial score (nSPS) is 21.9. The van der Waals surface area contributed by atoms with Gasteiger partial charge in [0.05, 0.1) is 0 Å². The molecule has 1 aliphatic rings. The molecule has 0 spiro atoms. The van der Waals surface area contributed by atoms with Gasteiger partial charge < -0.3 is 9.84 Å². The lowest BCUT2D eigenvalue weighted by atomic mass is 10.2. The first kappa shape index (κ1) is 16.2. The maximum absolute atomic E-state index is 12.3. The van der Waals surface area contributed by atoms with Crippen molar-refractivity contribution in [2.24, 2.45) is 0 Å². The quantitative estimate of drug-likeness (QED) is 0.913. The summed E-state index contributed by atoms with van der Waals surface area (Å²) in [6.45, 7) is 5.54. The van der Waals surface area contributed by atoms with E-state index in [4.69, 9.17) is 6.11 Å². The number of amides is 1. The Morgan fingerprint density at radius 2 is 2.04 bits per heavy atom. The average Bonchev–Trinajstić information content (AvgIpc) is 2.93. The molecule has 1 heterocycles. The van der Waals surface area contributed by atoms with Crippen LogP contribution in [0.1, 0.15) is 34.1 Å². The number of carbonyl (C=O) groups excluding carboxylic acids is 1. The van der Waals surface area contributed by atoms with Crippen LogP contribution >= 0.6 is 11.8 Å². The van der Waals surface area contributed by atoms with E-state index >= 15 is 0 Å². The van der Waals surface area contributed by atoms with E-state index in [0.717, 1.165) is 10.5 Å². The molecule has 5 nitrogen and oxygen atoms in total. The number of likely N-dealkylation sites (tertiary alicyclic amines) is 1. The Hall–Kier alpha value is -1.69. The molecule has 0 radical (unpaired) electrons. The Morgan fingerprint density at radius 3 is 2.61 bits per heavy atom. The largest absolute Gasteiger partial charge is 0.480 e. The zero-order chi connectivity index (χ0) is 17.9. The Kier molecular flexibility index (Phi) is 4.80. The van der Waals surface area contributed by atoms with Gasteiger partial charge in [-0.2, -0.15) is 0 Å². The summed E-state index contributed by atoms with van der Waals surface area (Å²) in [5.41, 5.74) is 0.236. The van der Waals surface area contributed by atoms with Gasteiger partial charge >= 0.3 is 12.1 Å². The summed E-state index contributed by atoms with van der Waals surface area (Å²) in [5, 5.41) is 9.41. The van der Waals surface area contributed by atoms with E-state index < -0.39 is 23.7 Å². The lowest BCUT2D eigenvalue weighted by molar-refractivity contribution is -0.142. The summed E-state index contributed by atoms with van der Waals surface area (Å²) in [7, 11) is 0. The zero-order valence-corrected chi connectivity index (χ0v) is 14.4. The molecule has 1 aromatic rings. The molecule has 23 heavy (non-hydrogen) atoms. The van der Waals surface area contributed by atoms with Crippen LogP contribution in [0.25, 0.3) is 0 Å². The van der Waals surface area contributed by atoms with Crippen LogP contribution in [0.3, 0.4) is 0 Å². The van der Waals surface area contributed by atoms with Gasteiger partial charge in [-0.25, -0.2) is 9.59 Å². The third-order valence-corrected chi connectivity index (χ3v) is 4.69. The first-order valence-corrected chi connectivity index (χ1v) is 8.35. The lowest BCUT2D eigenvalue weighted by Crippen LogP contribution is -2.43. The van der Waals surface area contributed by atoms with Crippen molar-refractivity contribution in [3.05, 3.63) is 29.8 Å². The number of carboxylic acids is 1. The van der Waals surface area contributed by atoms with Gasteiger partial charge in [-0.15, -0.1) is 11.8 Å². The molecule has 1 amide bonds. The Labute approximate surface area is 142 Å². The lowest BCUT2D eigenvalue weighted by Gasteiger charge is -2.26. The van der Waals surface area contributed by atoms with Gasteiger partial charge in [-0.05, 0) is 46.2 Å². The molecule has 1 N–H and O–H groups in total. The average molecular weight is 338 g/mol. The van der Waals surface area contributed by atoms with Crippen molar-refractivity contribution in [2.75, 3.05) is 6.54 Å². The van der Waals surface area contributed by atoms with Crippen LogP contribution in [-0.2, 0) is 9.53 Å². The second kappa shape index (κ2) is 6.83. The fraction of sp³-hybridized carbons (Fsp3) is 0.529. The van der Waals surface area contributed by atoms with Crippen LogP contribution in [0.5, 0.6) is 0 Å². The van der Waals surface area contributed by atoms with Crippen molar-refractivity contribution in [3.63, 3.8) is 0 Å². The number of rotatable bonds is 3. The molecule has 1 saturated heterocycles. The molecule has 0 aliphatic carbocycles. The van der Waals surface area contributed by atoms with Crippen molar-refractivity contribution in [1.82, 2.24) is 4.90 Å². The maximum Gasteiger partial charge on any atom is 0.411 e. The highest BCUT2D eigenvalue weighted by Crippen LogP contribution is 2.33. The van der Waals surface area contributed by atoms with Gasteiger partial charge in [-0.3, -0.25) is 4.90 Å². The number of carbonyl (C=O) groups is 2. The second-order valence-electron chi connectivity index (χ2n) is 6.42. The number of aliphatic carboxylic acids is 1. The number of hydrogen-bond donors (Lipinski definition) is 1. The number of carboxylic acid groups (broad SMARTS) is 1. The molecular weight excluding hydrogens is 314 g/mol. The number of aryl methyl sites for hydroxylation is 1. The molecule has 2 atom stereocenters. The summed E-state index contributed by atoms with van der Waals surface area (Å²) in [6.07, 6.45) is -0.281. The summed E-state index contributed by atoms with van der Waals surface area (Å²) in [6, 6.07) is 7.13. The number of nitrogens with zero attached hydrogens (tertiary/aromatic N) is 1. The highest BCUT2D eigenvalue weighted by atomic mass is 32.2. The highest BCUT2D eigenvalue weighted by Gasteiger charge is 2.41. The van der Waals surface area contributed by atoms with Gasteiger partial charge in [0.15, 0.2) is 0 Å². The first-order chi connectivity index (χ1) is 11.2. The second-order valence-corrected chi connectivity index (χ2v) is 7.80. The molecule has 2 rings (SSSR count). The summed E-state index contributed by atoms with van der Waals surface area (Å²) >= 11 is 1.58. The predicted octanol–water partition coefficient (Wildman–Crippen LogP) is 3.55. The van der Waals surface area contributed by atoms with E-state index in [1.807, 2.05) is 31.2 Å². The molecule has 1 aliphatic heterocycles. The van der Waals surface area contributed by atoms with Crippen LogP contribution in [-0.4, -0.2) is 45.5 Å². The topological polar surface area (TPSA) is 66.8 Å². The van der Waals surface area contributed by atoms with Gasteiger partial charge in [0, 0.05) is 18.1 Å². The van der Waals surface area contributed by atoms with Crippen LogP contribution < -0.4 is 0 Å². The molecule has 126 valence electrons. The molecule has 0 aromatic heterocycles. The Bertz CT molecular complexity index is 605. The van der Waals surface area contributed by atoms with Crippen LogP contribution in [0.4, 0.5) is 4.79 Å². The minimum atomic E-state index is -1.03. The molecule has 6 heteroatoms. The van der Waals surface area contributed by atoms with E-state index in [1.165, 1.54) is 4.90 Å². The fourth-order valence-electron chi connectivity index (χ4n) is 2.42. The minimum Gasteiger partial charge on any atom is -0.480 e. The number of hydrogen-bond acceptors (Lipinski definition) is 4. The van der Waals surface area contributed by atoms with Crippen LogP contribution in [0, 0.1) is 6.92 Å². The van der Waals surface area contributed by atoms with Crippen molar-refractivity contribution in [2.45, 2.75) is 55.9 Å². The third-order valence-electron chi connectivity index (χ3n) is 3.47. The van der Waals surface area contributed by atoms with Crippen molar-refractivity contribution in [3.8, 4) is 0 Å². The van der Waals surface area contributed by atoms with Crippen molar-refractivity contribution < 1.29 is 20.8 Å². The van der Waals surface area contributed by atoms with Gasteiger partial charge in [0.2, 0.25) is 0 Å². The number of ether oxygens (including phenoxy) is 1. The Balaban J connectivity index is 2.06. The van der Waals surface area contributed by atoms with E-state index in [2.05, 4.69) is 0 Å². The van der Waals surface area contributed by atoms with Gasteiger partial charge in [0.1, 0.15) is 11.6 Å². The molecule has 0 unspecified atom stereocenters. The van der Waals surface area contributed by atoms with Crippen molar-refractivity contribution >= 4 is 23.8 Å². The maximum atomic E-state index is 12.3. The minimum absolute atomic E-state index is 0.000435. The van der Waals surface area contributed by atoms with Crippen LogP contribution in [0.15, 0.2) is 29.2 Å². The SMILES string of the molecule is [2H]CC(C)(C)OC(=O)N1C[C@H](Sc2ccc(C)cc2)C[C@H]1C(=O)O. The van der Waals surface area contributed by atoms with E-state index in [1.54, 1.807) is 25.6 Å². The van der Waals surface area contributed by atoms with E-state index in [0.29, 0.717) is 13.0 Å². The third kappa shape index (κ3) is 4.89. The highest BCUT2D eigenvalue weighted by molar-refractivity contribution is 8.00. The van der Waals surface area contributed by atoms with Gasteiger partial charge in [-0.1, -0.05) is 17.7 Å². The van der Waals surface area contributed by atoms with Crippen molar-refractivity contribution in [1.29, 1.82) is 0 Å². The van der Waals surface area contributed by atoms with E-state index in [9.17, 15) is 14.7 Å². The Morgan fingerprint density at radius 1 is 1.39 bits per heavy atom. The molecule has 0 bridgehead atoms. The molecule has 0 saturated carbocycles. The van der Waals surface area contributed by atoms with Gasteiger partial charge in [0.25, 0.3) is 0 Å². The molecular formula is C17H23NO4S. The smallest absolute Gasteiger partial charge is 0.411 e. The van der Waals surface area contributed by atoms with Crippen LogP contribution in [0.2, 0.25) is 0 Å². The molecule has 1 fully saturated rings. The summed E-state index contributed by atoms with van der Waals surface area (Å²) < 4.78 is 12.7. The number of thioether (sulfide) groups is 1. The standard InChI is InChI=1S/C17H23NO4S/c1-11-5-7-12(8-6-11)23-13-9-14(15(19)20)18(10-13)16(21)22-17(2,3)4/h5-8,13-14H,9-10H2,1-4H3,(H,19,20)/t13-,14+/m1/s1/i2D. The fourth-order valence-corrected chi connectivity index (χ4v) is 3.61. The summed E-state index contributed by atoms with van der Waals surface area (Å²) in [5.74, 6) is -1.03. The monoisotopic (exact) mass is 338 g/mol. The zero-order valence-electron chi connectivity index (χ0n) is 14.6. The summed E-state index contributed by atoms with van der Waals surface area (Å²) in [4.78, 5) is 26.1. The van der Waals surface area contributed by atoms with E-state index in [-0.39, 0.29) is 12.1 Å². The first-order valence-electron chi connectivity index (χ1n) is 8.17. The predicted molar refractivity (Wildman–Crippen MR) is 89.8 cm³/mol. The molecule has 1 aromatic carbocycles. The number of benzene rings is 1.